The summed E-state index contributed by atoms with van der Waals surface area (Å²) in [6, 6.07) is 4.47. The first kappa shape index (κ1) is 13.3. The Labute approximate surface area is 125 Å². The molecule has 1 saturated carbocycles. The maximum absolute atomic E-state index is 6.55. The first-order valence-electron chi connectivity index (χ1n) is 8.10. The Balaban J connectivity index is 1.78. The van der Waals surface area contributed by atoms with Crippen molar-refractivity contribution in [2.45, 2.75) is 50.2 Å². The lowest BCUT2D eigenvalue weighted by Gasteiger charge is -2.45. The van der Waals surface area contributed by atoms with Crippen LogP contribution >= 0.6 is 0 Å². The van der Waals surface area contributed by atoms with E-state index in [1.54, 1.807) is 0 Å². The zero-order valence-electron chi connectivity index (χ0n) is 12.6. The van der Waals surface area contributed by atoms with Crippen molar-refractivity contribution in [3.05, 3.63) is 17.7 Å². The fourth-order valence-corrected chi connectivity index (χ4v) is 3.99. The van der Waals surface area contributed by atoms with Crippen LogP contribution in [0, 0.1) is 0 Å². The van der Waals surface area contributed by atoms with Crippen molar-refractivity contribution in [2.24, 2.45) is 0 Å². The third-order valence-corrected chi connectivity index (χ3v) is 5.08. The molecule has 1 aromatic carbocycles. The lowest BCUT2D eigenvalue weighted by molar-refractivity contribution is -0.00632. The SMILES string of the molecule is CNC1CC2(CCCCC2)Oc2c1ccc1c2OCCO1. The first-order chi connectivity index (χ1) is 10.3. The quantitative estimate of drug-likeness (QED) is 0.862. The number of fused-ring (bicyclic) bond motifs is 3. The van der Waals surface area contributed by atoms with Crippen LogP contribution in [0.1, 0.15) is 50.1 Å². The number of hydrogen-bond donors (Lipinski definition) is 1. The number of nitrogens with one attached hydrogen (secondary N) is 1. The average molecular weight is 289 g/mol. The maximum Gasteiger partial charge on any atom is 0.204 e. The normalized spacial score (nSPS) is 26.0. The summed E-state index contributed by atoms with van der Waals surface area (Å²) in [5.74, 6) is 2.55. The van der Waals surface area contributed by atoms with E-state index in [0.717, 1.165) is 36.5 Å². The van der Waals surface area contributed by atoms with Gasteiger partial charge in [0.15, 0.2) is 11.5 Å². The zero-order valence-corrected chi connectivity index (χ0v) is 12.6. The van der Waals surface area contributed by atoms with Crippen molar-refractivity contribution in [2.75, 3.05) is 20.3 Å². The molecule has 0 radical (unpaired) electrons. The van der Waals surface area contributed by atoms with Gasteiger partial charge in [0.05, 0.1) is 0 Å². The fraction of sp³-hybridized carbons (Fsp3) is 0.647. The Bertz CT molecular complexity index is 537. The number of ether oxygens (including phenoxy) is 3. The molecule has 1 unspecified atom stereocenters. The summed E-state index contributed by atoms with van der Waals surface area (Å²) in [4.78, 5) is 0. The van der Waals surface area contributed by atoms with Gasteiger partial charge < -0.3 is 19.5 Å². The van der Waals surface area contributed by atoms with Crippen LogP contribution in [0.3, 0.4) is 0 Å². The largest absolute Gasteiger partial charge is 0.486 e. The Morgan fingerprint density at radius 2 is 1.86 bits per heavy atom. The van der Waals surface area contributed by atoms with E-state index in [4.69, 9.17) is 14.2 Å². The van der Waals surface area contributed by atoms with Gasteiger partial charge in [-0.1, -0.05) is 6.42 Å². The molecule has 1 aromatic rings. The van der Waals surface area contributed by atoms with Crippen molar-refractivity contribution in [1.29, 1.82) is 0 Å². The number of rotatable bonds is 1. The molecule has 0 amide bonds. The minimum absolute atomic E-state index is 0.0190. The van der Waals surface area contributed by atoms with E-state index in [-0.39, 0.29) is 5.60 Å². The topological polar surface area (TPSA) is 39.7 Å². The van der Waals surface area contributed by atoms with Gasteiger partial charge in [-0.05, 0) is 44.9 Å². The summed E-state index contributed by atoms with van der Waals surface area (Å²) < 4.78 is 18.1. The molecule has 0 saturated heterocycles. The highest BCUT2D eigenvalue weighted by atomic mass is 16.6. The van der Waals surface area contributed by atoms with Crippen molar-refractivity contribution in [1.82, 2.24) is 5.32 Å². The van der Waals surface area contributed by atoms with Gasteiger partial charge in [-0.3, -0.25) is 0 Å². The molecule has 2 aliphatic heterocycles. The molecule has 114 valence electrons. The average Bonchev–Trinajstić information content (AvgIpc) is 2.55. The monoisotopic (exact) mass is 289 g/mol. The molecule has 4 rings (SSSR count). The third-order valence-electron chi connectivity index (χ3n) is 5.08. The van der Waals surface area contributed by atoms with Gasteiger partial charge in [0.25, 0.3) is 0 Å². The van der Waals surface area contributed by atoms with E-state index in [0.29, 0.717) is 19.3 Å². The van der Waals surface area contributed by atoms with Gasteiger partial charge in [0.1, 0.15) is 18.8 Å². The van der Waals surface area contributed by atoms with Crippen molar-refractivity contribution in [3.63, 3.8) is 0 Å². The molecule has 3 aliphatic rings. The zero-order chi connectivity index (χ0) is 14.3. The summed E-state index contributed by atoms with van der Waals surface area (Å²) in [6.07, 6.45) is 7.20. The lowest BCUT2D eigenvalue weighted by Crippen LogP contribution is -2.45. The van der Waals surface area contributed by atoms with Crippen molar-refractivity contribution in [3.8, 4) is 17.2 Å². The van der Waals surface area contributed by atoms with Gasteiger partial charge in [0, 0.05) is 18.0 Å². The van der Waals surface area contributed by atoms with Crippen LogP contribution in [0.2, 0.25) is 0 Å². The highest BCUT2D eigenvalue weighted by molar-refractivity contribution is 5.58. The molecule has 2 heterocycles. The Morgan fingerprint density at radius 1 is 1.05 bits per heavy atom. The second kappa shape index (κ2) is 5.09. The molecule has 4 nitrogen and oxygen atoms in total. The minimum atomic E-state index is -0.0190. The molecule has 1 aliphatic carbocycles. The summed E-state index contributed by atoms with van der Waals surface area (Å²) >= 11 is 0. The van der Waals surface area contributed by atoms with Crippen molar-refractivity contribution < 1.29 is 14.2 Å². The minimum Gasteiger partial charge on any atom is -0.486 e. The predicted octanol–water partition coefficient (Wildman–Crippen LogP) is 3.20. The Morgan fingerprint density at radius 3 is 2.67 bits per heavy atom. The maximum atomic E-state index is 6.55. The molecule has 1 N–H and O–H groups in total. The molecule has 1 fully saturated rings. The summed E-state index contributed by atoms with van der Waals surface area (Å²) in [6.45, 7) is 1.22. The van der Waals surface area contributed by atoms with Gasteiger partial charge >= 0.3 is 0 Å². The first-order valence-corrected chi connectivity index (χ1v) is 8.10. The fourth-order valence-electron chi connectivity index (χ4n) is 3.99. The summed E-state index contributed by atoms with van der Waals surface area (Å²) in [5, 5.41) is 3.46. The van der Waals surface area contributed by atoms with E-state index in [1.165, 1.54) is 24.8 Å². The Kier molecular flexibility index (Phi) is 3.21. The van der Waals surface area contributed by atoms with Crippen LogP contribution in [0.15, 0.2) is 12.1 Å². The molecule has 0 aromatic heterocycles. The molecule has 1 atom stereocenters. The van der Waals surface area contributed by atoms with Crippen LogP contribution in [0.5, 0.6) is 17.2 Å². The van der Waals surface area contributed by atoms with E-state index < -0.39 is 0 Å². The second-order valence-electron chi connectivity index (χ2n) is 6.40. The molecule has 0 bridgehead atoms. The molecule has 1 spiro atoms. The molecular formula is C17H23NO3. The van der Waals surface area contributed by atoms with Gasteiger partial charge in [0.2, 0.25) is 5.75 Å². The second-order valence-corrected chi connectivity index (χ2v) is 6.40. The predicted molar refractivity (Wildman–Crippen MR) is 80.3 cm³/mol. The number of benzene rings is 1. The Hall–Kier alpha value is -1.42. The third kappa shape index (κ3) is 2.16. The van der Waals surface area contributed by atoms with Crippen LogP contribution in [0.4, 0.5) is 0 Å². The molecule has 21 heavy (non-hydrogen) atoms. The van der Waals surface area contributed by atoms with Gasteiger partial charge in [-0.2, -0.15) is 0 Å². The highest BCUT2D eigenvalue weighted by Gasteiger charge is 2.43. The lowest BCUT2D eigenvalue weighted by atomic mass is 9.77. The highest BCUT2D eigenvalue weighted by Crippen LogP contribution is 2.52. The molecule has 4 heteroatoms. The van der Waals surface area contributed by atoms with Crippen LogP contribution in [-0.2, 0) is 0 Å². The van der Waals surface area contributed by atoms with E-state index in [1.807, 2.05) is 13.1 Å². The molecular weight excluding hydrogens is 266 g/mol. The van der Waals surface area contributed by atoms with Crippen molar-refractivity contribution >= 4 is 0 Å². The summed E-state index contributed by atoms with van der Waals surface area (Å²) in [5.41, 5.74) is 1.19. The van der Waals surface area contributed by atoms with E-state index in [2.05, 4.69) is 11.4 Å². The van der Waals surface area contributed by atoms with Gasteiger partial charge in [-0.25, -0.2) is 0 Å². The van der Waals surface area contributed by atoms with Crippen LogP contribution < -0.4 is 19.5 Å². The summed E-state index contributed by atoms with van der Waals surface area (Å²) in [7, 11) is 2.03. The van der Waals surface area contributed by atoms with E-state index in [9.17, 15) is 0 Å². The van der Waals surface area contributed by atoms with Crippen LogP contribution in [0.25, 0.3) is 0 Å². The standard InChI is InChI=1S/C17H23NO3/c1-18-13-11-17(7-3-2-4-8-17)21-15-12(13)5-6-14-16(15)20-10-9-19-14/h5-6,13,18H,2-4,7-11H2,1H3. The smallest absolute Gasteiger partial charge is 0.204 e. The van der Waals surface area contributed by atoms with E-state index >= 15 is 0 Å². The van der Waals surface area contributed by atoms with Gasteiger partial charge in [-0.15, -0.1) is 0 Å². The van der Waals surface area contributed by atoms with Crippen LogP contribution in [-0.4, -0.2) is 25.9 Å². The number of hydrogen-bond acceptors (Lipinski definition) is 4.